The summed E-state index contributed by atoms with van der Waals surface area (Å²) in [5, 5.41) is 37.1. The van der Waals surface area contributed by atoms with Crippen LogP contribution in [0.4, 0.5) is 10.5 Å². The van der Waals surface area contributed by atoms with Gasteiger partial charge in [0.15, 0.2) is 0 Å². The van der Waals surface area contributed by atoms with Gasteiger partial charge in [-0.25, -0.2) is 4.79 Å². The van der Waals surface area contributed by atoms with Crippen LogP contribution in [0.15, 0.2) is 78.9 Å². The molecule has 0 aliphatic carbocycles. The molecule has 2 amide bonds. The van der Waals surface area contributed by atoms with Gasteiger partial charge in [0, 0.05) is 36.4 Å². The molecule has 1 fully saturated rings. The number of rotatable bonds is 8. The van der Waals surface area contributed by atoms with E-state index in [1.165, 1.54) is 0 Å². The van der Waals surface area contributed by atoms with E-state index in [2.05, 4.69) is 10.6 Å². The fraction of sp³-hybridized carbons (Fsp3) is 0.269. The monoisotopic (exact) mass is 463 g/mol. The number of nitrogens with zero attached hydrogens (tertiary/aromatic N) is 1. The van der Waals surface area contributed by atoms with Crippen LogP contribution in [-0.2, 0) is 17.8 Å². The second-order valence-electron chi connectivity index (χ2n) is 8.29. The van der Waals surface area contributed by atoms with E-state index in [-0.39, 0.29) is 30.7 Å². The first kappa shape index (κ1) is 23.6. The number of aliphatic hydroxyl groups excluding tert-OH is 1. The van der Waals surface area contributed by atoms with Crippen LogP contribution in [0.1, 0.15) is 11.1 Å². The van der Waals surface area contributed by atoms with Crippen molar-refractivity contribution in [3.8, 4) is 11.5 Å². The van der Waals surface area contributed by atoms with Crippen molar-refractivity contribution in [2.45, 2.75) is 31.3 Å². The number of phenols is 2. The first-order valence-electron chi connectivity index (χ1n) is 11.2. The molecule has 1 saturated heterocycles. The maximum Gasteiger partial charge on any atom is 0.319 e. The van der Waals surface area contributed by atoms with Crippen molar-refractivity contribution in [3.05, 3.63) is 90.0 Å². The molecular formula is C26H29N3O5. The standard InChI is InChI=1S/C26H29N3O5/c30-22-12-6-4-8-18(22)15-29(16-19-9-5-7-13-23(19)31)21-17-34-24(25(21)32)14-27-26(33)28-20-10-2-1-3-11-20/h1-13,21,24-25,30-32H,14-17H2,(H2,27,28,33)/t21-,24-,25+/m1/s1. The lowest BCUT2D eigenvalue weighted by Gasteiger charge is -2.31. The minimum atomic E-state index is -0.881. The highest BCUT2D eigenvalue weighted by atomic mass is 16.5. The molecule has 0 radical (unpaired) electrons. The van der Waals surface area contributed by atoms with Crippen LogP contribution in [0.3, 0.4) is 0 Å². The number of hydrogen-bond donors (Lipinski definition) is 5. The molecule has 4 rings (SSSR count). The van der Waals surface area contributed by atoms with E-state index in [0.29, 0.717) is 29.9 Å². The third-order valence-electron chi connectivity index (χ3n) is 5.95. The Balaban J connectivity index is 1.43. The molecule has 1 aliphatic heterocycles. The summed E-state index contributed by atoms with van der Waals surface area (Å²) in [6, 6.07) is 22.4. The Kier molecular flexibility index (Phi) is 7.64. The third-order valence-corrected chi connectivity index (χ3v) is 5.95. The van der Waals surface area contributed by atoms with Gasteiger partial charge >= 0.3 is 6.03 Å². The van der Waals surface area contributed by atoms with Crippen LogP contribution in [0.5, 0.6) is 11.5 Å². The van der Waals surface area contributed by atoms with E-state index in [4.69, 9.17) is 4.74 Å². The molecule has 8 nitrogen and oxygen atoms in total. The Morgan fingerprint density at radius 3 is 2.03 bits per heavy atom. The molecular weight excluding hydrogens is 434 g/mol. The largest absolute Gasteiger partial charge is 0.508 e. The number of carbonyl (C=O) groups excluding carboxylic acids is 1. The van der Waals surface area contributed by atoms with Gasteiger partial charge in [-0.05, 0) is 24.3 Å². The SMILES string of the molecule is O=C(NC[C@H]1OC[C@@H](N(Cc2ccccc2O)Cc2ccccc2O)[C@@H]1O)Nc1ccccc1. The third kappa shape index (κ3) is 5.85. The number of urea groups is 1. The summed E-state index contributed by atoms with van der Waals surface area (Å²) < 4.78 is 5.84. The first-order chi connectivity index (χ1) is 16.5. The van der Waals surface area contributed by atoms with Crippen LogP contribution >= 0.6 is 0 Å². The normalized spacial score (nSPS) is 19.8. The molecule has 3 aromatic carbocycles. The van der Waals surface area contributed by atoms with Crippen LogP contribution in [0.25, 0.3) is 0 Å². The molecule has 0 spiro atoms. The summed E-state index contributed by atoms with van der Waals surface area (Å²) in [6.07, 6.45) is -1.48. The average molecular weight is 464 g/mol. The Hall–Kier alpha value is -3.59. The predicted octanol–water partition coefficient (Wildman–Crippen LogP) is 3.05. The highest BCUT2D eigenvalue weighted by Crippen LogP contribution is 2.28. The number of ether oxygens (including phenoxy) is 1. The van der Waals surface area contributed by atoms with Gasteiger partial charge in [0.05, 0.1) is 18.8 Å². The fourth-order valence-corrected chi connectivity index (χ4v) is 4.08. The maximum absolute atomic E-state index is 12.2. The summed E-state index contributed by atoms with van der Waals surface area (Å²) in [7, 11) is 0. The topological polar surface area (TPSA) is 114 Å². The van der Waals surface area contributed by atoms with Crippen molar-refractivity contribution in [2.24, 2.45) is 0 Å². The summed E-state index contributed by atoms with van der Waals surface area (Å²) in [5.74, 6) is 0.322. The molecule has 1 aliphatic rings. The predicted molar refractivity (Wildman–Crippen MR) is 128 cm³/mol. The zero-order valence-corrected chi connectivity index (χ0v) is 18.7. The summed E-state index contributed by atoms with van der Waals surface area (Å²) in [5.41, 5.74) is 2.07. The Morgan fingerprint density at radius 1 is 0.882 bits per heavy atom. The summed E-state index contributed by atoms with van der Waals surface area (Å²) >= 11 is 0. The Morgan fingerprint density at radius 2 is 1.44 bits per heavy atom. The minimum absolute atomic E-state index is 0.136. The molecule has 0 saturated carbocycles. The quantitative estimate of drug-likeness (QED) is 0.351. The molecule has 0 aromatic heterocycles. The maximum atomic E-state index is 12.2. The number of anilines is 1. The van der Waals surface area contributed by atoms with Gasteiger partial charge < -0.3 is 30.7 Å². The molecule has 0 unspecified atom stereocenters. The molecule has 5 N–H and O–H groups in total. The van der Waals surface area contributed by atoms with Crippen molar-refractivity contribution in [1.29, 1.82) is 0 Å². The minimum Gasteiger partial charge on any atom is -0.508 e. The van der Waals surface area contributed by atoms with Crippen molar-refractivity contribution in [3.63, 3.8) is 0 Å². The number of benzene rings is 3. The van der Waals surface area contributed by atoms with Gasteiger partial charge in [0.1, 0.15) is 17.6 Å². The van der Waals surface area contributed by atoms with Gasteiger partial charge in [0.25, 0.3) is 0 Å². The van der Waals surface area contributed by atoms with Crippen molar-refractivity contribution in [1.82, 2.24) is 10.2 Å². The van der Waals surface area contributed by atoms with Crippen molar-refractivity contribution >= 4 is 11.7 Å². The van der Waals surface area contributed by atoms with Crippen molar-refractivity contribution < 1.29 is 24.9 Å². The van der Waals surface area contributed by atoms with Gasteiger partial charge in [-0.3, -0.25) is 4.90 Å². The van der Waals surface area contributed by atoms with Crippen LogP contribution < -0.4 is 10.6 Å². The number of carbonyl (C=O) groups is 1. The van der Waals surface area contributed by atoms with Crippen LogP contribution in [0, 0.1) is 0 Å². The number of phenolic OH excluding ortho intramolecular Hbond substituents is 2. The fourth-order valence-electron chi connectivity index (χ4n) is 4.08. The second-order valence-corrected chi connectivity index (χ2v) is 8.29. The van der Waals surface area contributed by atoms with E-state index in [1.54, 1.807) is 36.4 Å². The molecule has 1 heterocycles. The smallest absolute Gasteiger partial charge is 0.319 e. The number of aromatic hydroxyl groups is 2. The number of amides is 2. The molecule has 178 valence electrons. The molecule has 3 aromatic rings. The second kappa shape index (κ2) is 11.0. The van der Waals surface area contributed by atoms with Crippen molar-refractivity contribution in [2.75, 3.05) is 18.5 Å². The number of hydrogen-bond acceptors (Lipinski definition) is 6. The Labute approximate surface area is 198 Å². The number of para-hydroxylation sites is 3. The zero-order valence-electron chi connectivity index (χ0n) is 18.7. The summed E-state index contributed by atoms with van der Waals surface area (Å²) in [6.45, 7) is 1.08. The lowest BCUT2D eigenvalue weighted by Crippen LogP contribution is -2.47. The molecule has 3 atom stereocenters. The zero-order chi connectivity index (χ0) is 23.9. The van der Waals surface area contributed by atoms with Crippen LogP contribution in [0.2, 0.25) is 0 Å². The lowest BCUT2D eigenvalue weighted by molar-refractivity contribution is 0.0317. The molecule has 34 heavy (non-hydrogen) atoms. The number of aliphatic hydroxyl groups is 1. The lowest BCUT2D eigenvalue weighted by atomic mass is 10.0. The highest BCUT2D eigenvalue weighted by Gasteiger charge is 2.39. The molecule has 0 bridgehead atoms. The van der Waals surface area contributed by atoms with Gasteiger partial charge in [-0.2, -0.15) is 0 Å². The highest BCUT2D eigenvalue weighted by molar-refractivity contribution is 5.89. The average Bonchev–Trinajstić information content (AvgIpc) is 3.21. The van der Waals surface area contributed by atoms with E-state index in [1.807, 2.05) is 47.4 Å². The van der Waals surface area contributed by atoms with E-state index in [9.17, 15) is 20.1 Å². The number of nitrogens with one attached hydrogen (secondary N) is 2. The first-order valence-corrected chi connectivity index (χ1v) is 11.2. The van der Waals surface area contributed by atoms with Gasteiger partial charge in [-0.15, -0.1) is 0 Å². The van der Waals surface area contributed by atoms with E-state index < -0.39 is 18.2 Å². The van der Waals surface area contributed by atoms with Crippen LogP contribution in [-0.4, -0.2) is 57.7 Å². The Bertz CT molecular complexity index is 1050. The van der Waals surface area contributed by atoms with Gasteiger partial charge in [0.2, 0.25) is 0 Å². The van der Waals surface area contributed by atoms with E-state index in [0.717, 1.165) is 0 Å². The van der Waals surface area contributed by atoms with Gasteiger partial charge in [-0.1, -0.05) is 54.6 Å². The van der Waals surface area contributed by atoms with E-state index >= 15 is 0 Å². The molecule has 8 heteroatoms. The summed E-state index contributed by atoms with van der Waals surface area (Å²) in [4.78, 5) is 14.2.